The van der Waals surface area contributed by atoms with Crippen molar-refractivity contribution in [3.8, 4) is 0 Å². The van der Waals surface area contributed by atoms with Crippen molar-refractivity contribution in [3.63, 3.8) is 0 Å². The van der Waals surface area contributed by atoms with E-state index in [1.54, 1.807) is 0 Å². The van der Waals surface area contributed by atoms with Crippen molar-refractivity contribution in [2.75, 3.05) is 19.8 Å². The van der Waals surface area contributed by atoms with Gasteiger partial charge in [-0.25, -0.2) is 0 Å². The summed E-state index contributed by atoms with van der Waals surface area (Å²) in [5.41, 5.74) is 8.06. The van der Waals surface area contributed by atoms with Gasteiger partial charge in [-0.2, -0.15) is 0 Å². The molecule has 2 nitrogen and oxygen atoms in total. The van der Waals surface area contributed by atoms with Crippen LogP contribution in [0.4, 0.5) is 5.69 Å². The summed E-state index contributed by atoms with van der Waals surface area (Å²) in [6.45, 7) is 6.75. The Balaban J connectivity index is 3.05. The van der Waals surface area contributed by atoms with Gasteiger partial charge in [0.05, 0.1) is 0 Å². The molecule has 2 heteroatoms. The van der Waals surface area contributed by atoms with E-state index in [4.69, 9.17) is 5.73 Å². The van der Waals surface area contributed by atoms with Crippen LogP contribution < -0.4 is 5.73 Å². The van der Waals surface area contributed by atoms with E-state index in [1.165, 1.54) is 5.56 Å². The molecule has 2 N–H and O–H groups in total. The summed E-state index contributed by atoms with van der Waals surface area (Å²) < 4.78 is 0. The van der Waals surface area contributed by atoms with Gasteiger partial charge < -0.3 is 10.6 Å². The lowest BCUT2D eigenvalue weighted by Crippen LogP contribution is -2.41. The van der Waals surface area contributed by atoms with Gasteiger partial charge in [0, 0.05) is 17.1 Å². The lowest BCUT2D eigenvalue weighted by Gasteiger charge is -2.37. The fourth-order valence-electron chi connectivity index (χ4n) is 1.83. The van der Waals surface area contributed by atoms with Crippen LogP contribution in [0.5, 0.6) is 0 Å². The molecule has 84 valence electrons. The summed E-state index contributed by atoms with van der Waals surface area (Å²) in [7, 11) is 4.22. The lowest BCUT2D eigenvalue weighted by atomic mass is 9.78. The van der Waals surface area contributed by atoms with E-state index in [2.05, 4.69) is 51.9 Å². The second-order valence-electron chi connectivity index (χ2n) is 4.99. The third kappa shape index (κ3) is 2.51. The van der Waals surface area contributed by atoms with Crippen LogP contribution in [-0.2, 0) is 5.41 Å². The molecule has 0 saturated carbocycles. The first-order valence-corrected chi connectivity index (χ1v) is 5.38. The van der Waals surface area contributed by atoms with Gasteiger partial charge >= 0.3 is 0 Å². The largest absolute Gasteiger partial charge is 0.399 e. The van der Waals surface area contributed by atoms with E-state index < -0.39 is 0 Å². The van der Waals surface area contributed by atoms with Gasteiger partial charge in [0.1, 0.15) is 0 Å². The first-order valence-electron chi connectivity index (χ1n) is 5.38. The highest BCUT2D eigenvalue weighted by atomic mass is 15.1. The van der Waals surface area contributed by atoms with Crippen LogP contribution >= 0.6 is 0 Å². The van der Waals surface area contributed by atoms with E-state index in [-0.39, 0.29) is 5.41 Å². The average Bonchev–Trinajstić information content (AvgIpc) is 2.16. The predicted octanol–water partition coefficient (Wildman–Crippen LogP) is 2.50. The van der Waals surface area contributed by atoms with E-state index >= 15 is 0 Å². The maximum atomic E-state index is 5.82. The van der Waals surface area contributed by atoms with Gasteiger partial charge in [-0.15, -0.1) is 0 Å². The van der Waals surface area contributed by atoms with E-state index in [9.17, 15) is 0 Å². The Morgan fingerprint density at radius 2 is 1.87 bits per heavy atom. The number of rotatable bonds is 3. The highest BCUT2D eigenvalue weighted by molar-refractivity contribution is 5.43. The van der Waals surface area contributed by atoms with E-state index in [1.807, 2.05) is 12.1 Å². The monoisotopic (exact) mass is 206 g/mol. The topological polar surface area (TPSA) is 29.3 Å². The number of nitrogen functional groups attached to an aromatic ring is 1. The molecule has 15 heavy (non-hydrogen) atoms. The third-order valence-electron chi connectivity index (χ3n) is 3.45. The van der Waals surface area contributed by atoms with Crippen molar-refractivity contribution < 1.29 is 0 Å². The molecule has 1 unspecified atom stereocenters. The highest BCUT2D eigenvalue weighted by Crippen LogP contribution is 2.30. The zero-order chi connectivity index (χ0) is 11.6. The number of hydrogen-bond acceptors (Lipinski definition) is 2. The number of hydrogen-bond donors (Lipinski definition) is 1. The Morgan fingerprint density at radius 3 is 2.33 bits per heavy atom. The quantitative estimate of drug-likeness (QED) is 0.770. The molecule has 0 fully saturated rings. The summed E-state index contributed by atoms with van der Waals surface area (Å²) in [5, 5.41) is 0. The van der Waals surface area contributed by atoms with Crippen molar-refractivity contribution in [2.45, 2.75) is 32.2 Å². The number of nitrogens with two attached hydrogens (primary N) is 1. The molecule has 0 aliphatic heterocycles. The number of nitrogens with zero attached hydrogens (tertiary/aromatic N) is 1. The van der Waals surface area contributed by atoms with Gasteiger partial charge in [0.25, 0.3) is 0 Å². The Bertz CT molecular complexity index is 329. The number of anilines is 1. The van der Waals surface area contributed by atoms with Gasteiger partial charge in [-0.05, 0) is 38.7 Å². The lowest BCUT2D eigenvalue weighted by molar-refractivity contribution is 0.216. The maximum absolute atomic E-state index is 5.82. The molecule has 0 saturated heterocycles. The molecule has 0 aromatic heterocycles. The van der Waals surface area contributed by atoms with Gasteiger partial charge in [0.2, 0.25) is 0 Å². The average molecular weight is 206 g/mol. The van der Waals surface area contributed by atoms with Crippen molar-refractivity contribution in [2.24, 2.45) is 0 Å². The molecule has 1 atom stereocenters. The van der Waals surface area contributed by atoms with E-state index in [0.717, 1.165) is 5.69 Å². The first-order chi connectivity index (χ1) is 6.85. The summed E-state index contributed by atoms with van der Waals surface area (Å²) in [6.07, 6.45) is 0. The molecule has 0 heterocycles. The minimum atomic E-state index is 0.110. The minimum absolute atomic E-state index is 0.110. The fourth-order valence-corrected chi connectivity index (χ4v) is 1.83. The highest BCUT2D eigenvalue weighted by Gasteiger charge is 2.29. The molecule has 0 aliphatic rings. The van der Waals surface area contributed by atoms with Crippen molar-refractivity contribution in [1.29, 1.82) is 0 Å². The summed E-state index contributed by atoms with van der Waals surface area (Å²) >= 11 is 0. The second-order valence-corrected chi connectivity index (χ2v) is 4.99. The smallest absolute Gasteiger partial charge is 0.0316 e. The molecule has 0 aliphatic carbocycles. The molecule has 0 bridgehead atoms. The summed E-state index contributed by atoms with van der Waals surface area (Å²) in [6, 6.07) is 8.64. The Kier molecular flexibility index (Phi) is 3.40. The van der Waals surface area contributed by atoms with E-state index in [0.29, 0.717) is 6.04 Å². The molecule has 0 radical (unpaired) electrons. The predicted molar refractivity (Wildman–Crippen MR) is 67.0 cm³/mol. The van der Waals surface area contributed by atoms with Crippen LogP contribution in [0.1, 0.15) is 26.3 Å². The van der Waals surface area contributed by atoms with Crippen molar-refractivity contribution in [1.82, 2.24) is 4.90 Å². The molecule has 1 rings (SSSR count). The molecule has 0 amide bonds. The summed E-state index contributed by atoms with van der Waals surface area (Å²) in [4.78, 5) is 2.24. The van der Waals surface area contributed by atoms with Crippen LogP contribution in [0.3, 0.4) is 0 Å². The Morgan fingerprint density at radius 1 is 1.27 bits per heavy atom. The van der Waals surface area contributed by atoms with Crippen LogP contribution in [0.2, 0.25) is 0 Å². The molecular weight excluding hydrogens is 184 g/mol. The third-order valence-corrected chi connectivity index (χ3v) is 3.45. The Hall–Kier alpha value is -1.02. The summed E-state index contributed by atoms with van der Waals surface area (Å²) in [5.74, 6) is 0. The fraction of sp³-hybridized carbons (Fsp3) is 0.538. The van der Waals surface area contributed by atoms with Crippen LogP contribution in [0.25, 0.3) is 0 Å². The van der Waals surface area contributed by atoms with Crippen LogP contribution in [0, 0.1) is 0 Å². The number of likely N-dealkylation sites (N-methyl/N-ethyl adjacent to an activating group) is 1. The Labute approximate surface area is 93.1 Å². The SMILES string of the molecule is CC(N(C)C)C(C)(C)c1cccc(N)c1. The minimum Gasteiger partial charge on any atom is -0.399 e. The zero-order valence-electron chi connectivity index (χ0n) is 10.4. The van der Waals surface area contributed by atoms with Gasteiger partial charge in [0.15, 0.2) is 0 Å². The van der Waals surface area contributed by atoms with Gasteiger partial charge in [-0.1, -0.05) is 26.0 Å². The molecular formula is C13H22N2. The van der Waals surface area contributed by atoms with Crippen molar-refractivity contribution in [3.05, 3.63) is 29.8 Å². The standard InChI is InChI=1S/C13H22N2/c1-10(15(4)5)13(2,3)11-7-6-8-12(14)9-11/h6-10H,14H2,1-5H3. The normalized spacial score (nSPS) is 14.3. The number of benzene rings is 1. The first kappa shape index (κ1) is 12.1. The maximum Gasteiger partial charge on any atom is 0.0316 e. The van der Waals surface area contributed by atoms with Crippen molar-refractivity contribution >= 4 is 5.69 Å². The second kappa shape index (κ2) is 4.23. The zero-order valence-corrected chi connectivity index (χ0v) is 10.4. The molecule has 1 aromatic carbocycles. The molecule has 1 aromatic rings. The van der Waals surface area contributed by atoms with Crippen LogP contribution in [-0.4, -0.2) is 25.0 Å². The molecule has 0 spiro atoms. The van der Waals surface area contributed by atoms with Crippen LogP contribution in [0.15, 0.2) is 24.3 Å². The van der Waals surface area contributed by atoms with Gasteiger partial charge in [-0.3, -0.25) is 0 Å².